The van der Waals surface area contributed by atoms with Crippen LogP contribution in [0, 0.1) is 0 Å². The summed E-state index contributed by atoms with van der Waals surface area (Å²) in [6.07, 6.45) is 9.04. The van der Waals surface area contributed by atoms with E-state index >= 15 is 0 Å². The molecule has 0 amide bonds. The maximum atomic E-state index is 2.36. The molecule has 0 aromatic carbocycles. The van der Waals surface area contributed by atoms with Gasteiger partial charge in [0.2, 0.25) is 0 Å². The van der Waals surface area contributed by atoms with E-state index in [1.165, 1.54) is 66.5 Å². The standard InChI is InChI=1S/C8H15.Na/c1-2-8-6-4-3-5-7-8;/h2-7H2,1H3;. The Kier molecular flexibility index (Phi) is 3.07. The number of hydrogen-bond acceptors (Lipinski definition) is 0. The van der Waals surface area contributed by atoms with Crippen LogP contribution < -0.4 is 0 Å². The van der Waals surface area contributed by atoms with Crippen molar-refractivity contribution < 1.29 is 0 Å². The van der Waals surface area contributed by atoms with E-state index in [1.807, 2.05) is 0 Å². The van der Waals surface area contributed by atoms with E-state index in [1.54, 1.807) is 0 Å². The first-order valence-electron chi connectivity index (χ1n) is 4.27. The molecule has 0 bridgehead atoms. The van der Waals surface area contributed by atoms with E-state index in [0.717, 1.165) is 2.66 Å². The average Bonchev–Trinajstić information content (AvgIpc) is 1.90. The van der Waals surface area contributed by atoms with Crippen molar-refractivity contribution in [3.8, 4) is 0 Å². The van der Waals surface area contributed by atoms with Crippen LogP contribution in [0.4, 0.5) is 0 Å². The molecule has 0 N–H and O–H groups in total. The van der Waals surface area contributed by atoms with Crippen LogP contribution in [0.15, 0.2) is 0 Å². The van der Waals surface area contributed by atoms with Crippen LogP contribution in [0.1, 0.15) is 45.4 Å². The molecule has 1 fully saturated rings. The van der Waals surface area contributed by atoms with Crippen LogP contribution in [-0.2, 0) is 0 Å². The maximum absolute atomic E-state index is 2.36. The Morgan fingerprint density at radius 2 is 1.78 bits per heavy atom. The average molecular weight is 134 g/mol. The third kappa shape index (κ3) is 2.25. The summed E-state index contributed by atoms with van der Waals surface area (Å²) < 4.78 is 0.859. The summed E-state index contributed by atoms with van der Waals surface area (Å²) in [5.74, 6) is 0. The molecule has 0 unspecified atom stereocenters. The summed E-state index contributed by atoms with van der Waals surface area (Å²) in [6.45, 7) is 2.36. The molecule has 1 aliphatic carbocycles. The van der Waals surface area contributed by atoms with Gasteiger partial charge in [0.25, 0.3) is 0 Å². The van der Waals surface area contributed by atoms with E-state index in [2.05, 4.69) is 6.92 Å². The molecular weight excluding hydrogens is 119 g/mol. The third-order valence-corrected chi connectivity index (χ3v) is 4.62. The fourth-order valence-corrected chi connectivity index (χ4v) is 2.47. The molecule has 0 spiro atoms. The van der Waals surface area contributed by atoms with Crippen molar-refractivity contribution in [1.29, 1.82) is 0 Å². The van der Waals surface area contributed by atoms with Gasteiger partial charge >= 0.3 is 76.0 Å². The molecule has 0 radical (unpaired) electrons. The summed E-state index contributed by atoms with van der Waals surface area (Å²) in [7, 11) is 0. The van der Waals surface area contributed by atoms with Gasteiger partial charge in [0, 0.05) is 0 Å². The molecule has 9 heavy (non-hydrogen) atoms. The predicted molar refractivity (Wildman–Crippen MR) is 41.8 cm³/mol. The van der Waals surface area contributed by atoms with Gasteiger partial charge in [0.15, 0.2) is 0 Å². The van der Waals surface area contributed by atoms with Crippen molar-refractivity contribution in [2.24, 2.45) is 0 Å². The molecule has 1 heteroatoms. The second-order valence-corrected chi connectivity index (χ2v) is 5.85. The predicted octanol–water partition coefficient (Wildman–Crippen LogP) is 2.69. The first kappa shape index (κ1) is 8.10. The first-order chi connectivity index (χ1) is 4.27. The molecule has 48 valence electrons. The third-order valence-electron chi connectivity index (χ3n) is 2.91. The topological polar surface area (TPSA) is 0 Å². The molecule has 1 aliphatic rings. The second-order valence-electron chi connectivity index (χ2n) is 3.72. The Hall–Kier alpha value is 1.00. The minimum atomic E-state index is 0.859. The normalized spacial score (nSPS) is 26.1. The van der Waals surface area contributed by atoms with Crippen LogP contribution in [0.2, 0.25) is 2.66 Å². The van der Waals surface area contributed by atoms with Crippen molar-refractivity contribution in [3.63, 3.8) is 0 Å². The molecular formula is C8H15Na. The van der Waals surface area contributed by atoms with Gasteiger partial charge in [-0.2, -0.15) is 0 Å². The van der Waals surface area contributed by atoms with Gasteiger partial charge in [0.1, 0.15) is 0 Å². The van der Waals surface area contributed by atoms with Gasteiger partial charge in [0.05, 0.1) is 0 Å². The van der Waals surface area contributed by atoms with Gasteiger partial charge < -0.3 is 0 Å². The van der Waals surface area contributed by atoms with Gasteiger partial charge in [-0.3, -0.25) is 0 Å². The Bertz CT molecular complexity index is 82.6. The van der Waals surface area contributed by atoms with E-state index in [4.69, 9.17) is 0 Å². The van der Waals surface area contributed by atoms with Crippen molar-refractivity contribution in [2.75, 3.05) is 0 Å². The van der Waals surface area contributed by atoms with Crippen LogP contribution >= 0.6 is 0 Å². The van der Waals surface area contributed by atoms with Crippen molar-refractivity contribution >= 4 is 27.9 Å². The zero-order valence-corrected chi connectivity index (χ0v) is 8.74. The van der Waals surface area contributed by atoms with Gasteiger partial charge in [-0.25, -0.2) is 0 Å². The van der Waals surface area contributed by atoms with E-state index < -0.39 is 0 Å². The summed E-state index contributed by atoms with van der Waals surface area (Å²) in [5.41, 5.74) is 0. The number of hydrogen-bond donors (Lipinski definition) is 0. The Morgan fingerprint density at radius 1 is 1.22 bits per heavy atom. The van der Waals surface area contributed by atoms with Crippen LogP contribution in [0.5, 0.6) is 0 Å². The molecule has 0 atom stereocenters. The van der Waals surface area contributed by atoms with Crippen molar-refractivity contribution in [3.05, 3.63) is 0 Å². The Morgan fingerprint density at radius 3 is 2.11 bits per heavy atom. The second kappa shape index (κ2) is 3.41. The molecule has 0 heterocycles. The number of rotatable bonds is 1. The van der Waals surface area contributed by atoms with Crippen LogP contribution in [0.3, 0.4) is 0 Å². The molecule has 0 aromatic heterocycles. The summed E-state index contributed by atoms with van der Waals surface area (Å²) in [5, 5.41) is 0. The molecule has 1 rings (SSSR count). The van der Waals surface area contributed by atoms with Crippen LogP contribution in [-0.4, -0.2) is 27.9 Å². The SMILES string of the molecule is CC[C]1([Na])CCCCC1. The molecule has 0 nitrogen and oxygen atoms in total. The van der Waals surface area contributed by atoms with Gasteiger partial charge in [-0.05, 0) is 0 Å². The van der Waals surface area contributed by atoms with Crippen LogP contribution in [0.25, 0.3) is 0 Å². The summed E-state index contributed by atoms with van der Waals surface area (Å²) in [6, 6.07) is 0. The fraction of sp³-hybridized carbons (Fsp3) is 1.00. The molecule has 0 saturated heterocycles. The van der Waals surface area contributed by atoms with E-state index in [0.29, 0.717) is 0 Å². The first-order valence-corrected chi connectivity index (χ1v) is 5.27. The van der Waals surface area contributed by atoms with E-state index in [9.17, 15) is 0 Å². The quantitative estimate of drug-likeness (QED) is 0.484. The Labute approximate surface area is 75.8 Å². The monoisotopic (exact) mass is 134 g/mol. The fourth-order valence-electron chi connectivity index (χ4n) is 1.76. The zero-order valence-electron chi connectivity index (χ0n) is 6.74. The van der Waals surface area contributed by atoms with Crippen molar-refractivity contribution in [1.82, 2.24) is 0 Å². The molecule has 1 saturated carbocycles. The van der Waals surface area contributed by atoms with Crippen molar-refractivity contribution in [2.45, 2.75) is 48.1 Å². The minimum absolute atomic E-state index is 0.859. The van der Waals surface area contributed by atoms with Gasteiger partial charge in [-0.15, -0.1) is 0 Å². The summed E-state index contributed by atoms with van der Waals surface area (Å²) in [4.78, 5) is 0. The van der Waals surface area contributed by atoms with Gasteiger partial charge in [-0.1, -0.05) is 0 Å². The zero-order chi connectivity index (χ0) is 6.74. The Balaban J connectivity index is 2.37. The molecule has 0 aliphatic heterocycles. The van der Waals surface area contributed by atoms with E-state index in [-0.39, 0.29) is 0 Å². The molecule has 0 aromatic rings. The summed E-state index contributed by atoms with van der Waals surface area (Å²) >= 11 is 1.43.